The van der Waals surface area contributed by atoms with E-state index in [-0.39, 0.29) is 5.91 Å². The highest BCUT2D eigenvalue weighted by atomic mass is 16.1. The second-order valence-electron chi connectivity index (χ2n) is 6.35. The van der Waals surface area contributed by atoms with Crippen molar-refractivity contribution in [3.63, 3.8) is 0 Å². The molecule has 124 valence electrons. The van der Waals surface area contributed by atoms with Gasteiger partial charge in [-0.2, -0.15) is 0 Å². The number of rotatable bonds is 5. The normalized spacial score (nSPS) is 22.6. The first kappa shape index (κ1) is 18.4. The third-order valence-electron chi connectivity index (χ3n) is 5.18. The predicted molar refractivity (Wildman–Crippen MR) is 89.2 cm³/mol. The number of nitrogens with two attached hydrogens (primary N) is 1. The zero-order valence-electron chi connectivity index (χ0n) is 14.4. The second kappa shape index (κ2) is 9.42. The minimum atomic E-state index is -0.166. The Balaban J connectivity index is 0.00000106. The van der Waals surface area contributed by atoms with Crippen molar-refractivity contribution in [2.24, 2.45) is 11.1 Å². The van der Waals surface area contributed by atoms with Crippen LogP contribution in [0.1, 0.15) is 59.3 Å². The predicted octanol–water partition coefficient (Wildman–Crippen LogP) is 2.48. The van der Waals surface area contributed by atoms with Crippen LogP contribution in [-0.2, 0) is 4.79 Å². The van der Waals surface area contributed by atoms with Gasteiger partial charge in [-0.25, -0.2) is 0 Å². The van der Waals surface area contributed by atoms with Crippen molar-refractivity contribution in [2.75, 3.05) is 39.3 Å². The van der Waals surface area contributed by atoms with Gasteiger partial charge in [-0.05, 0) is 76.8 Å². The molecule has 0 aromatic heterocycles. The molecule has 0 radical (unpaired) electrons. The van der Waals surface area contributed by atoms with Crippen molar-refractivity contribution in [3.05, 3.63) is 0 Å². The summed E-state index contributed by atoms with van der Waals surface area (Å²) in [4.78, 5) is 15.8. The first-order valence-electron chi connectivity index (χ1n) is 8.87. The fourth-order valence-corrected chi connectivity index (χ4v) is 3.57. The van der Waals surface area contributed by atoms with E-state index in [0.29, 0.717) is 11.8 Å². The Kier molecular flexibility index (Phi) is 8.27. The number of likely N-dealkylation sites (tertiary alicyclic amines) is 2. The summed E-state index contributed by atoms with van der Waals surface area (Å²) >= 11 is 0. The van der Waals surface area contributed by atoms with Crippen molar-refractivity contribution >= 4 is 5.91 Å². The first-order chi connectivity index (χ1) is 10.1. The van der Waals surface area contributed by atoms with Gasteiger partial charge in [0.1, 0.15) is 0 Å². The minimum Gasteiger partial charge on any atom is -0.370 e. The van der Waals surface area contributed by atoms with Crippen LogP contribution < -0.4 is 5.73 Å². The number of hydrogen-bond acceptors (Lipinski definition) is 3. The molecule has 2 heterocycles. The molecule has 0 unspecified atom stereocenters. The molecule has 2 aliphatic heterocycles. The molecule has 0 aromatic rings. The van der Waals surface area contributed by atoms with E-state index < -0.39 is 0 Å². The summed E-state index contributed by atoms with van der Waals surface area (Å²) < 4.78 is 0. The fourth-order valence-electron chi connectivity index (χ4n) is 3.57. The highest BCUT2D eigenvalue weighted by molar-refractivity contribution is 5.73. The zero-order valence-corrected chi connectivity index (χ0v) is 14.4. The van der Waals surface area contributed by atoms with Crippen molar-refractivity contribution in [1.29, 1.82) is 0 Å². The number of hydrogen-bond donors (Lipinski definition) is 1. The summed E-state index contributed by atoms with van der Waals surface area (Å²) in [5, 5.41) is 0. The lowest BCUT2D eigenvalue weighted by Crippen LogP contribution is -2.46. The highest BCUT2D eigenvalue weighted by Gasteiger charge is 2.36. The molecule has 4 nitrogen and oxygen atoms in total. The molecule has 2 rings (SSSR count). The average Bonchev–Trinajstić information content (AvgIpc) is 2.52. The molecule has 4 heteroatoms. The van der Waals surface area contributed by atoms with E-state index in [2.05, 4.69) is 16.7 Å². The van der Waals surface area contributed by atoms with Crippen LogP contribution in [-0.4, -0.2) is 55.0 Å². The van der Waals surface area contributed by atoms with E-state index in [0.717, 1.165) is 13.0 Å². The summed E-state index contributed by atoms with van der Waals surface area (Å²) in [6, 6.07) is 0. The van der Waals surface area contributed by atoms with Gasteiger partial charge in [0.2, 0.25) is 5.91 Å². The summed E-state index contributed by atoms with van der Waals surface area (Å²) in [6.07, 6.45) is 6.92. The van der Waals surface area contributed by atoms with Gasteiger partial charge in [-0.15, -0.1) is 0 Å². The number of primary amides is 1. The molecule has 2 fully saturated rings. The Morgan fingerprint density at radius 3 is 1.90 bits per heavy atom. The smallest absolute Gasteiger partial charge is 0.217 e. The topological polar surface area (TPSA) is 49.6 Å². The monoisotopic (exact) mass is 297 g/mol. The SMILES string of the molecule is CC.CCN1CCC2(CC1)CCN(CCCC(N)=O)CC2. The molecular weight excluding hydrogens is 262 g/mol. The van der Waals surface area contributed by atoms with E-state index in [1.165, 1.54) is 58.4 Å². The first-order valence-corrected chi connectivity index (χ1v) is 8.87. The lowest BCUT2D eigenvalue weighted by molar-refractivity contribution is -0.118. The molecule has 21 heavy (non-hydrogen) atoms. The van der Waals surface area contributed by atoms with Crippen molar-refractivity contribution in [1.82, 2.24) is 9.80 Å². The Bertz CT molecular complexity index is 288. The maximum atomic E-state index is 10.7. The van der Waals surface area contributed by atoms with Crippen LogP contribution in [0.15, 0.2) is 0 Å². The standard InChI is InChI=1S/C15H29N3O.C2H6/c1-2-17-10-5-15(6-11-17)7-12-18(13-8-15)9-3-4-14(16)19;1-2/h2-13H2,1H3,(H2,16,19);1-2H3. The molecule has 2 saturated heterocycles. The number of nitrogens with zero attached hydrogens (tertiary/aromatic N) is 2. The van der Waals surface area contributed by atoms with Gasteiger partial charge < -0.3 is 15.5 Å². The molecule has 2 aliphatic rings. The van der Waals surface area contributed by atoms with E-state index in [4.69, 9.17) is 5.73 Å². The Hall–Kier alpha value is -0.610. The molecule has 2 N–H and O–H groups in total. The maximum Gasteiger partial charge on any atom is 0.217 e. The third-order valence-corrected chi connectivity index (χ3v) is 5.18. The quantitative estimate of drug-likeness (QED) is 0.848. The van der Waals surface area contributed by atoms with Gasteiger partial charge in [0.25, 0.3) is 0 Å². The van der Waals surface area contributed by atoms with Crippen LogP contribution in [0.2, 0.25) is 0 Å². The maximum absolute atomic E-state index is 10.7. The van der Waals surface area contributed by atoms with Crippen LogP contribution in [0.4, 0.5) is 0 Å². The van der Waals surface area contributed by atoms with E-state index in [1.54, 1.807) is 0 Å². The number of carbonyl (C=O) groups excluding carboxylic acids is 1. The van der Waals surface area contributed by atoms with Crippen molar-refractivity contribution < 1.29 is 4.79 Å². The van der Waals surface area contributed by atoms with Crippen LogP contribution in [0, 0.1) is 5.41 Å². The zero-order chi connectivity index (χ0) is 15.7. The van der Waals surface area contributed by atoms with Crippen molar-refractivity contribution in [2.45, 2.75) is 59.3 Å². The molecule has 0 saturated carbocycles. The van der Waals surface area contributed by atoms with Crippen LogP contribution >= 0.6 is 0 Å². The summed E-state index contributed by atoms with van der Waals surface area (Å²) in [7, 11) is 0. The van der Waals surface area contributed by atoms with Gasteiger partial charge in [0.15, 0.2) is 0 Å². The Morgan fingerprint density at radius 1 is 1.00 bits per heavy atom. The molecule has 1 amide bonds. The van der Waals surface area contributed by atoms with E-state index in [1.807, 2.05) is 13.8 Å². The third kappa shape index (κ3) is 5.95. The van der Waals surface area contributed by atoms with Gasteiger partial charge in [0.05, 0.1) is 0 Å². The average molecular weight is 297 g/mol. The van der Waals surface area contributed by atoms with E-state index >= 15 is 0 Å². The van der Waals surface area contributed by atoms with Crippen molar-refractivity contribution in [3.8, 4) is 0 Å². The molecule has 0 bridgehead atoms. The lowest BCUT2D eigenvalue weighted by Gasteiger charge is -2.46. The van der Waals surface area contributed by atoms with Gasteiger partial charge in [-0.3, -0.25) is 4.79 Å². The summed E-state index contributed by atoms with van der Waals surface area (Å²) in [5.74, 6) is -0.166. The van der Waals surface area contributed by atoms with Crippen LogP contribution in [0.3, 0.4) is 0 Å². The molecule has 1 spiro atoms. The highest BCUT2D eigenvalue weighted by Crippen LogP contribution is 2.41. The number of amides is 1. The molecular formula is C17H35N3O. The molecule has 0 atom stereocenters. The number of carbonyl (C=O) groups is 1. The fraction of sp³-hybridized carbons (Fsp3) is 0.941. The largest absolute Gasteiger partial charge is 0.370 e. The molecule has 0 aliphatic carbocycles. The summed E-state index contributed by atoms with van der Waals surface area (Å²) in [6.45, 7) is 13.5. The Labute approximate surface area is 131 Å². The number of piperidine rings is 2. The lowest BCUT2D eigenvalue weighted by atomic mass is 9.71. The minimum absolute atomic E-state index is 0.166. The van der Waals surface area contributed by atoms with Crippen LogP contribution in [0.5, 0.6) is 0 Å². The van der Waals surface area contributed by atoms with E-state index in [9.17, 15) is 4.79 Å². The van der Waals surface area contributed by atoms with Gasteiger partial charge in [-0.1, -0.05) is 20.8 Å². The van der Waals surface area contributed by atoms with Gasteiger partial charge >= 0.3 is 0 Å². The van der Waals surface area contributed by atoms with Crippen LogP contribution in [0.25, 0.3) is 0 Å². The molecule has 0 aromatic carbocycles. The Morgan fingerprint density at radius 2 is 1.48 bits per heavy atom. The van der Waals surface area contributed by atoms with Gasteiger partial charge in [0, 0.05) is 6.42 Å². The second-order valence-corrected chi connectivity index (χ2v) is 6.35. The summed E-state index contributed by atoms with van der Waals surface area (Å²) in [5.41, 5.74) is 5.81.